The molecule has 4 heteroatoms. The Morgan fingerprint density at radius 2 is 1.81 bits per heavy atom. The van der Waals surface area contributed by atoms with Crippen molar-refractivity contribution in [2.24, 2.45) is 17.8 Å². The number of nitrogens with one attached hydrogen (secondary N) is 1. The molecule has 2 nitrogen and oxygen atoms in total. The monoisotopic (exact) mass is 652 g/mol. The van der Waals surface area contributed by atoms with E-state index < -0.39 is 0 Å². The zero-order valence-electron chi connectivity index (χ0n) is 10.8. The Morgan fingerprint density at radius 1 is 1.25 bits per heavy atom. The summed E-state index contributed by atoms with van der Waals surface area (Å²) < 4.78 is 0. The van der Waals surface area contributed by atoms with E-state index in [-0.39, 0.29) is 106 Å². The molecular weight excluding hydrogens is 628 g/mol. The van der Waals surface area contributed by atoms with Crippen molar-refractivity contribution in [1.29, 1.82) is 0 Å². The second kappa shape index (κ2) is 10.6. The van der Waals surface area contributed by atoms with Crippen LogP contribution in [0.3, 0.4) is 0 Å². The summed E-state index contributed by atoms with van der Waals surface area (Å²) in [7, 11) is 0. The fraction of sp³-hybridized carbons (Fsp3) is 1.00. The van der Waals surface area contributed by atoms with Crippen LogP contribution in [0.1, 0.15) is 46.5 Å². The molecule has 0 aromatic rings. The van der Waals surface area contributed by atoms with E-state index in [2.05, 4.69) is 20.8 Å². The second-order valence-corrected chi connectivity index (χ2v) is 5.01. The Kier molecular flexibility index (Phi) is 13.9. The molecule has 16 heavy (non-hydrogen) atoms. The predicted molar refractivity (Wildman–Crippen MR) is 60.1 cm³/mol. The molecule has 1 saturated carbocycles. The van der Waals surface area contributed by atoms with Gasteiger partial charge in [-0.25, -0.2) is 0 Å². The van der Waals surface area contributed by atoms with E-state index in [0.717, 1.165) is 25.7 Å². The molecule has 2 radical (unpaired) electrons. The third-order valence-electron chi connectivity index (χ3n) is 3.71. The predicted octanol–water partition coefficient (Wildman–Crippen LogP) is 3.25. The van der Waals surface area contributed by atoms with Gasteiger partial charge in [0, 0.05) is 88.1 Å². The molecule has 1 rings (SSSR count). The van der Waals surface area contributed by atoms with E-state index in [9.17, 15) is 5.11 Å². The molecule has 2 N–H and O–H groups in total. The molecule has 0 aromatic carbocycles. The third-order valence-corrected chi connectivity index (χ3v) is 3.71. The molecule has 1 aliphatic rings. The molecule has 5 atom stereocenters. The molecule has 90 valence electrons. The third kappa shape index (κ3) is 5.84. The van der Waals surface area contributed by atoms with Crippen LogP contribution in [0.15, 0.2) is 0 Å². The summed E-state index contributed by atoms with van der Waals surface area (Å²) in [5.41, 5.74) is 8.06. The molecule has 0 saturated heterocycles. The van der Waals surface area contributed by atoms with Crippen LogP contribution in [0.25, 0.3) is 5.73 Å². The van der Waals surface area contributed by atoms with E-state index in [1.807, 2.05) is 0 Å². The molecule has 0 heterocycles. The van der Waals surface area contributed by atoms with E-state index in [0.29, 0.717) is 11.8 Å². The standard InChI is InChI=1S/C12H24NO.2Ac/c1-4-5-6-10(13)11-8(2)7-9(3)12(11)14;;/h8-14H,4-7H2,1-3H3;;/q-1;;. The first-order chi connectivity index (χ1) is 6.57. The zero-order valence-corrected chi connectivity index (χ0v) is 20.3. The van der Waals surface area contributed by atoms with Crippen LogP contribution in [-0.2, 0) is 0 Å². The number of rotatable bonds is 4. The fourth-order valence-corrected chi connectivity index (χ4v) is 2.85. The van der Waals surface area contributed by atoms with E-state index >= 15 is 0 Å². The van der Waals surface area contributed by atoms with Crippen molar-refractivity contribution in [2.45, 2.75) is 58.6 Å². The molecular formula is C12H24Ac2NO-. The molecule has 5 unspecified atom stereocenters. The van der Waals surface area contributed by atoms with Crippen molar-refractivity contribution < 1.29 is 93.2 Å². The van der Waals surface area contributed by atoms with Crippen LogP contribution < -0.4 is 0 Å². The summed E-state index contributed by atoms with van der Waals surface area (Å²) in [6.07, 6.45) is 4.09. The Labute approximate surface area is 172 Å². The number of aliphatic hydroxyl groups excluding tert-OH is 1. The maximum Gasteiger partial charge on any atom is 0.0582 e. The van der Waals surface area contributed by atoms with Gasteiger partial charge in [-0.1, -0.05) is 40.0 Å². The summed E-state index contributed by atoms with van der Waals surface area (Å²) in [4.78, 5) is 0. The van der Waals surface area contributed by atoms with Gasteiger partial charge in [-0.3, -0.25) is 0 Å². The summed E-state index contributed by atoms with van der Waals surface area (Å²) in [5.74, 6) is 1.14. The minimum Gasteiger partial charge on any atom is -0.674 e. The fourth-order valence-electron chi connectivity index (χ4n) is 2.85. The first kappa shape index (κ1) is 21.1. The van der Waals surface area contributed by atoms with Crippen molar-refractivity contribution in [3.05, 3.63) is 5.73 Å². The molecule has 0 bridgehead atoms. The van der Waals surface area contributed by atoms with Crippen molar-refractivity contribution in [2.75, 3.05) is 0 Å². The van der Waals surface area contributed by atoms with Gasteiger partial charge in [0.1, 0.15) is 0 Å². The van der Waals surface area contributed by atoms with E-state index in [1.54, 1.807) is 0 Å². The first-order valence-electron chi connectivity index (χ1n) is 5.97. The molecule has 0 amide bonds. The molecule has 1 aliphatic carbocycles. The topological polar surface area (TPSA) is 44.0 Å². The zero-order chi connectivity index (χ0) is 10.7. The van der Waals surface area contributed by atoms with Gasteiger partial charge in [-0.2, -0.15) is 0 Å². The van der Waals surface area contributed by atoms with Crippen LogP contribution in [0.4, 0.5) is 0 Å². The van der Waals surface area contributed by atoms with Crippen LogP contribution in [-0.4, -0.2) is 17.3 Å². The number of aliphatic hydroxyl groups is 1. The minimum atomic E-state index is -0.232. The minimum absolute atomic E-state index is 0. The molecule has 1 fully saturated rings. The van der Waals surface area contributed by atoms with Gasteiger partial charge in [0.15, 0.2) is 0 Å². The number of unbranched alkanes of at least 4 members (excludes halogenated alkanes) is 1. The quantitative estimate of drug-likeness (QED) is 0.499. The Bertz CT molecular complexity index is 180. The van der Waals surface area contributed by atoms with Crippen molar-refractivity contribution in [1.82, 2.24) is 0 Å². The normalized spacial score (nSPS) is 35.1. The van der Waals surface area contributed by atoms with Gasteiger partial charge in [0.05, 0.1) is 6.10 Å². The van der Waals surface area contributed by atoms with Crippen LogP contribution in [0, 0.1) is 106 Å². The summed E-state index contributed by atoms with van der Waals surface area (Å²) in [6.45, 7) is 6.45. The summed E-state index contributed by atoms with van der Waals surface area (Å²) in [5, 5.41) is 9.98. The van der Waals surface area contributed by atoms with Crippen LogP contribution >= 0.6 is 0 Å². The SMILES string of the molecule is CCCCC([NH-])C1C(C)CC(C)C1O.[Ac].[Ac]. The van der Waals surface area contributed by atoms with Gasteiger partial charge in [0.2, 0.25) is 0 Å². The molecule has 0 aliphatic heterocycles. The van der Waals surface area contributed by atoms with Gasteiger partial charge in [-0.05, 0) is 24.2 Å². The van der Waals surface area contributed by atoms with E-state index in [1.165, 1.54) is 0 Å². The van der Waals surface area contributed by atoms with Gasteiger partial charge in [-0.15, -0.1) is 6.04 Å². The van der Waals surface area contributed by atoms with Crippen LogP contribution in [0.5, 0.6) is 0 Å². The maximum atomic E-state index is 9.98. The largest absolute Gasteiger partial charge is 0.674 e. The first-order valence-corrected chi connectivity index (χ1v) is 5.97. The van der Waals surface area contributed by atoms with Gasteiger partial charge < -0.3 is 10.8 Å². The Morgan fingerprint density at radius 3 is 2.19 bits per heavy atom. The average molecular weight is 652 g/mol. The Balaban J connectivity index is 0. The molecule has 0 aromatic heterocycles. The Hall–Kier alpha value is 2.80. The van der Waals surface area contributed by atoms with E-state index in [4.69, 9.17) is 5.73 Å². The van der Waals surface area contributed by atoms with Gasteiger partial charge >= 0.3 is 0 Å². The average Bonchev–Trinajstić information content (AvgIpc) is 2.38. The molecule has 0 spiro atoms. The number of hydrogen-bond donors (Lipinski definition) is 1. The second-order valence-electron chi connectivity index (χ2n) is 5.01. The van der Waals surface area contributed by atoms with Crippen molar-refractivity contribution in [3.8, 4) is 0 Å². The smallest absolute Gasteiger partial charge is 0.0582 e. The summed E-state index contributed by atoms with van der Waals surface area (Å²) in [6, 6.07) is -0.0510. The van der Waals surface area contributed by atoms with Crippen molar-refractivity contribution >= 4 is 0 Å². The van der Waals surface area contributed by atoms with Gasteiger partial charge in [0.25, 0.3) is 0 Å². The maximum absolute atomic E-state index is 9.98. The van der Waals surface area contributed by atoms with Crippen LogP contribution in [0.2, 0.25) is 0 Å². The van der Waals surface area contributed by atoms with Crippen molar-refractivity contribution in [3.63, 3.8) is 0 Å². The summed E-state index contributed by atoms with van der Waals surface area (Å²) >= 11 is 0. The number of hydrogen-bond acceptors (Lipinski definition) is 1.